The highest BCUT2D eigenvalue weighted by Crippen LogP contribution is 2.19. The van der Waals surface area contributed by atoms with Gasteiger partial charge in [0, 0.05) is 18.2 Å². The summed E-state index contributed by atoms with van der Waals surface area (Å²) in [6.07, 6.45) is 4.70. The van der Waals surface area contributed by atoms with E-state index in [-0.39, 0.29) is 5.91 Å². The average Bonchev–Trinajstić information content (AvgIpc) is 2.81. The second-order valence-corrected chi connectivity index (χ2v) is 6.57. The Hall–Kier alpha value is -3.96. The van der Waals surface area contributed by atoms with Crippen LogP contribution in [-0.4, -0.2) is 17.0 Å². The van der Waals surface area contributed by atoms with E-state index < -0.39 is 5.91 Å². The zero-order valence-electron chi connectivity index (χ0n) is 16.3. The third kappa shape index (κ3) is 6.02. The molecule has 3 rings (SSSR count). The summed E-state index contributed by atoms with van der Waals surface area (Å²) in [5.74, 6) is -0.751. The summed E-state index contributed by atoms with van der Waals surface area (Å²) in [6, 6.07) is 26.7. The summed E-state index contributed by atoms with van der Waals surface area (Å²) < 4.78 is 0. The van der Waals surface area contributed by atoms with Gasteiger partial charge in [-0.25, -0.2) is 5.48 Å². The molecular formula is C25H22N2O3. The van der Waals surface area contributed by atoms with Gasteiger partial charge in [0.2, 0.25) is 0 Å². The molecule has 2 amide bonds. The Morgan fingerprint density at radius 2 is 1.43 bits per heavy atom. The first-order valence-corrected chi connectivity index (χ1v) is 9.47. The lowest BCUT2D eigenvalue weighted by molar-refractivity contribution is -0.124. The molecule has 0 saturated heterocycles. The molecule has 0 heterocycles. The number of hydrogen-bond donors (Lipinski definition) is 3. The van der Waals surface area contributed by atoms with E-state index in [0.717, 1.165) is 22.3 Å². The maximum Gasteiger partial charge on any atom is 0.267 e. The molecule has 0 spiro atoms. The van der Waals surface area contributed by atoms with Gasteiger partial charge >= 0.3 is 0 Å². The Labute approximate surface area is 175 Å². The second-order valence-electron chi connectivity index (χ2n) is 6.57. The number of amides is 2. The van der Waals surface area contributed by atoms with Crippen LogP contribution in [0.2, 0.25) is 0 Å². The Bertz CT molecular complexity index is 1040. The van der Waals surface area contributed by atoms with E-state index in [4.69, 9.17) is 5.21 Å². The molecule has 5 heteroatoms. The molecular weight excluding hydrogens is 376 g/mol. The van der Waals surface area contributed by atoms with Crippen LogP contribution in [0, 0.1) is 0 Å². The number of hydroxylamine groups is 1. The van der Waals surface area contributed by atoms with Crippen molar-refractivity contribution < 1.29 is 14.8 Å². The van der Waals surface area contributed by atoms with Crippen molar-refractivity contribution in [3.05, 3.63) is 113 Å². The Kier molecular flexibility index (Phi) is 7.30. The molecule has 0 saturated carbocycles. The lowest BCUT2D eigenvalue weighted by Gasteiger charge is -2.10. The molecule has 0 unspecified atom stereocenters. The first kappa shape index (κ1) is 20.8. The predicted molar refractivity (Wildman–Crippen MR) is 118 cm³/mol. The van der Waals surface area contributed by atoms with Crippen molar-refractivity contribution in [3.8, 4) is 0 Å². The second kappa shape index (κ2) is 10.5. The van der Waals surface area contributed by atoms with E-state index in [1.165, 1.54) is 6.08 Å². The van der Waals surface area contributed by atoms with Crippen molar-refractivity contribution in [2.75, 3.05) is 0 Å². The molecule has 5 nitrogen and oxygen atoms in total. The summed E-state index contributed by atoms with van der Waals surface area (Å²) in [4.78, 5) is 24.0. The van der Waals surface area contributed by atoms with Crippen molar-refractivity contribution in [3.63, 3.8) is 0 Å². The van der Waals surface area contributed by atoms with Crippen molar-refractivity contribution in [1.82, 2.24) is 10.8 Å². The Morgan fingerprint density at radius 3 is 2.07 bits per heavy atom. The fraction of sp³-hybridized carbons (Fsp3) is 0.0400. The molecule has 0 aliphatic rings. The SMILES string of the molecule is O=C(C=Cc1ccc(CNC(=O)C(=Cc2ccccc2)c2ccccc2)cc1)NO. The number of carbonyl (C=O) groups excluding carboxylic acids is 2. The molecule has 0 radical (unpaired) electrons. The minimum Gasteiger partial charge on any atom is -0.348 e. The molecule has 0 bridgehead atoms. The van der Waals surface area contributed by atoms with Crippen LogP contribution in [0.25, 0.3) is 17.7 Å². The first-order valence-electron chi connectivity index (χ1n) is 9.47. The van der Waals surface area contributed by atoms with Crippen molar-refractivity contribution in [1.29, 1.82) is 0 Å². The van der Waals surface area contributed by atoms with Crippen LogP contribution in [-0.2, 0) is 16.1 Å². The van der Waals surface area contributed by atoms with Gasteiger partial charge < -0.3 is 5.32 Å². The number of rotatable bonds is 7. The predicted octanol–water partition coefficient (Wildman–Crippen LogP) is 4.06. The van der Waals surface area contributed by atoms with Gasteiger partial charge in [0.05, 0.1) is 0 Å². The quantitative estimate of drug-likeness (QED) is 0.243. The van der Waals surface area contributed by atoms with E-state index >= 15 is 0 Å². The first-order chi connectivity index (χ1) is 14.7. The Morgan fingerprint density at radius 1 is 0.800 bits per heavy atom. The summed E-state index contributed by atoms with van der Waals surface area (Å²) in [7, 11) is 0. The van der Waals surface area contributed by atoms with Gasteiger partial charge in [-0.3, -0.25) is 14.8 Å². The highest BCUT2D eigenvalue weighted by molar-refractivity contribution is 6.24. The van der Waals surface area contributed by atoms with E-state index in [1.54, 1.807) is 11.6 Å². The smallest absolute Gasteiger partial charge is 0.267 e. The topological polar surface area (TPSA) is 78.4 Å². The van der Waals surface area contributed by atoms with Crippen LogP contribution in [0.1, 0.15) is 22.3 Å². The summed E-state index contributed by atoms with van der Waals surface area (Å²) in [5, 5.41) is 11.5. The molecule has 3 N–H and O–H groups in total. The van der Waals surface area contributed by atoms with Crippen molar-refractivity contribution in [2.24, 2.45) is 0 Å². The van der Waals surface area contributed by atoms with Crippen molar-refractivity contribution >= 4 is 29.5 Å². The van der Waals surface area contributed by atoms with E-state index in [9.17, 15) is 9.59 Å². The van der Waals surface area contributed by atoms with Gasteiger partial charge in [-0.15, -0.1) is 0 Å². The lowest BCUT2D eigenvalue weighted by Crippen LogP contribution is -2.23. The van der Waals surface area contributed by atoms with E-state index in [1.807, 2.05) is 91.0 Å². The van der Waals surface area contributed by atoms with E-state index in [0.29, 0.717) is 12.1 Å². The lowest BCUT2D eigenvalue weighted by atomic mass is 10.0. The molecule has 30 heavy (non-hydrogen) atoms. The van der Waals surface area contributed by atoms with Gasteiger partial charge in [0.1, 0.15) is 0 Å². The maximum absolute atomic E-state index is 12.9. The standard InChI is InChI=1S/C25H22N2O3/c28-24(27-30)16-15-19-11-13-21(14-12-19)18-26-25(29)23(22-9-5-2-6-10-22)17-20-7-3-1-4-8-20/h1-17,30H,18H2,(H,26,29)(H,27,28). The molecule has 3 aromatic rings. The van der Waals surface area contributed by atoms with Gasteiger partial charge in [0.25, 0.3) is 11.8 Å². The fourth-order valence-electron chi connectivity index (χ4n) is 2.85. The van der Waals surface area contributed by atoms with Gasteiger partial charge in [-0.05, 0) is 34.4 Å². The number of hydrogen-bond acceptors (Lipinski definition) is 3. The maximum atomic E-state index is 12.9. The fourth-order valence-corrected chi connectivity index (χ4v) is 2.85. The third-order valence-corrected chi connectivity index (χ3v) is 4.41. The van der Waals surface area contributed by atoms with Crippen molar-refractivity contribution in [2.45, 2.75) is 6.54 Å². The zero-order chi connectivity index (χ0) is 21.2. The molecule has 0 atom stereocenters. The van der Waals surface area contributed by atoms with Crippen LogP contribution >= 0.6 is 0 Å². The minimum absolute atomic E-state index is 0.159. The monoisotopic (exact) mass is 398 g/mol. The average molecular weight is 398 g/mol. The Balaban J connectivity index is 1.71. The largest absolute Gasteiger partial charge is 0.348 e. The summed E-state index contributed by atoms with van der Waals surface area (Å²) in [5.41, 5.74) is 5.68. The zero-order valence-corrected chi connectivity index (χ0v) is 16.3. The van der Waals surface area contributed by atoms with Gasteiger partial charge in [-0.2, -0.15) is 0 Å². The van der Waals surface area contributed by atoms with Crippen LogP contribution in [0.3, 0.4) is 0 Å². The molecule has 0 fully saturated rings. The number of nitrogens with one attached hydrogen (secondary N) is 2. The van der Waals surface area contributed by atoms with Crippen LogP contribution in [0.5, 0.6) is 0 Å². The normalized spacial score (nSPS) is 11.3. The summed E-state index contributed by atoms with van der Waals surface area (Å²) in [6.45, 7) is 0.374. The molecule has 0 aliphatic heterocycles. The molecule has 3 aromatic carbocycles. The van der Waals surface area contributed by atoms with Gasteiger partial charge in [0.15, 0.2) is 0 Å². The van der Waals surface area contributed by atoms with Crippen LogP contribution in [0.15, 0.2) is 91.0 Å². The highest BCUT2D eigenvalue weighted by atomic mass is 16.5. The number of benzene rings is 3. The van der Waals surface area contributed by atoms with Gasteiger partial charge in [-0.1, -0.05) is 84.9 Å². The molecule has 0 aromatic heterocycles. The van der Waals surface area contributed by atoms with E-state index in [2.05, 4.69) is 5.32 Å². The van der Waals surface area contributed by atoms with Crippen LogP contribution in [0.4, 0.5) is 0 Å². The molecule has 150 valence electrons. The number of carbonyl (C=O) groups is 2. The highest BCUT2D eigenvalue weighted by Gasteiger charge is 2.12. The third-order valence-electron chi connectivity index (χ3n) is 4.41. The van der Waals surface area contributed by atoms with Crippen LogP contribution < -0.4 is 10.8 Å². The molecule has 0 aliphatic carbocycles. The minimum atomic E-state index is -0.593. The summed E-state index contributed by atoms with van der Waals surface area (Å²) >= 11 is 0.